The molecule has 1 heterocycles. The first-order valence-corrected chi connectivity index (χ1v) is 7.96. The number of carbonyl (C=O) groups excluding carboxylic acids is 1. The van der Waals surface area contributed by atoms with E-state index >= 15 is 0 Å². The third-order valence-electron chi connectivity index (χ3n) is 3.97. The molecule has 1 N–H and O–H groups in total. The molecule has 0 saturated heterocycles. The highest BCUT2D eigenvalue weighted by Gasteiger charge is 2.32. The van der Waals surface area contributed by atoms with Gasteiger partial charge >= 0.3 is 0 Å². The maximum Gasteiger partial charge on any atom is 0.224 e. The van der Waals surface area contributed by atoms with Gasteiger partial charge in [0.2, 0.25) is 5.91 Å². The van der Waals surface area contributed by atoms with Gasteiger partial charge in [0.1, 0.15) is 11.5 Å². The van der Waals surface area contributed by atoms with E-state index in [1.165, 1.54) is 0 Å². The lowest BCUT2D eigenvalue weighted by Crippen LogP contribution is -2.33. The van der Waals surface area contributed by atoms with Crippen LogP contribution in [-0.2, 0) is 11.3 Å². The molecule has 0 unspecified atom stereocenters. The number of rotatable bonds is 8. The van der Waals surface area contributed by atoms with Crippen LogP contribution in [0.5, 0.6) is 5.75 Å². The topological polar surface area (TPSA) is 54.7 Å². The summed E-state index contributed by atoms with van der Waals surface area (Å²) in [5.41, 5.74) is 0.989. The number of anilines is 1. The standard InChI is InChI=1S/C18H22N2O3/c1-22-16-8-4-14(5-9-16)19-11-10-18(21)20(15-6-7-15)13-17-3-2-12-23-17/h2-5,8-9,12,15,19H,6-7,10-11,13H2,1H3. The number of furan rings is 1. The molecule has 0 atom stereocenters. The summed E-state index contributed by atoms with van der Waals surface area (Å²) in [7, 11) is 1.65. The minimum Gasteiger partial charge on any atom is -0.497 e. The van der Waals surface area contributed by atoms with Crippen molar-refractivity contribution in [2.75, 3.05) is 19.0 Å². The zero-order valence-corrected chi connectivity index (χ0v) is 13.3. The summed E-state index contributed by atoms with van der Waals surface area (Å²) in [5.74, 6) is 1.84. The number of ether oxygens (including phenoxy) is 1. The molecule has 1 aromatic carbocycles. The molecule has 1 aliphatic carbocycles. The number of carbonyl (C=O) groups is 1. The lowest BCUT2D eigenvalue weighted by Gasteiger charge is -2.21. The van der Waals surface area contributed by atoms with Crippen LogP contribution >= 0.6 is 0 Å². The molecule has 5 nitrogen and oxygen atoms in total. The third-order valence-corrected chi connectivity index (χ3v) is 3.97. The van der Waals surface area contributed by atoms with Crippen LogP contribution in [0.25, 0.3) is 0 Å². The molecule has 1 aliphatic rings. The quantitative estimate of drug-likeness (QED) is 0.812. The number of benzene rings is 1. The fraction of sp³-hybridized carbons (Fsp3) is 0.389. The Hall–Kier alpha value is -2.43. The van der Waals surface area contributed by atoms with Gasteiger partial charge in [-0.05, 0) is 49.2 Å². The molecule has 5 heteroatoms. The van der Waals surface area contributed by atoms with Gasteiger partial charge in [-0.3, -0.25) is 4.79 Å². The van der Waals surface area contributed by atoms with Gasteiger partial charge in [-0.2, -0.15) is 0 Å². The maximum absolute atomic E-state index is 12.5. The van der Waals surface area contributed by atoms with Gasteiger partial charge in [-0.25, -0.2) is 0 Å². The van der Waals surface area contributed by atoms with Crippen LogP contribution in [-0.4, -0.2) is 30.5 Å². The first-order chi connectivity index (χ1) is 11.3. The number of nitrogens with zero attached hydrogens (tertiary/aromatic N) is 1. The van der Waals surface area contributed by atoms with Crippen molar-refractivity contribution in [2.45, 2.75) is 31.8 Å². The van der Waals surface area contributed by atoms with Crippen LogP contribution in [0.15, 0.2) is 47.1 Å². The molecule has 1 amide bonds. The van der Waals surface area contributed by atoms with E-state index in [1.807, 2.05) is 41.3 Å². The normalized spacial score (nSPS) is 13.6. The predicted molar refractivity (Wildman–Crippen MR) is 88.4 cm³/mol. The molecular weight excluding hydrogens is 292 g/mol. The van der Waals surface area contributed by atoms with Crippen molar-refractivity contribution in [3.63, 3.8) is 0 Å². The van der Waals surface area contributed by atoms with Crippen molar-refractivity contribution >= 4 is 11.6 Å². The average molecular weight is 314 g/mol. The highest BCUT2D eigenvalue weighted by molar-refractivity contribution is 5.77. The Balaban J connectivity index is 1.48. The van der Waals surface area contributed by atoms with E-state index in [4.69, 9.17) is 9.15 Å². The highest BCUT2D eigenvalue weighted by atomic mass is 16.5. The van der Waals surface area contributed by atoms with Crippen molar-refractivity contribution in [1.82, 2.24) is 4.90 Å². The summed E-state index contributed by atoms with van der Waals surface area (Å²) in [6.45, 7) is 1.19. The molecular formula is C18H22N2O3. The number of methoxy groups -OCH3 is 1. The molecule has 1 aromatic heterocycles. The second kappa shape index (κ2) is 7.22. The molecule has 0 spiro atoms. The van der Waals surface area contributed by atoms with Gasteiger partial charge in [0, 0.05) is 24.7 Å². The second-order valence-corrected chi connectivity index (χ2v) is 5.74. The first kappa shape index (κ1) is 15.5. The van der Waals surface area contributed by atoms with Crippen LogP contribution in [0.4, 0.5) is 5.69 Å². The van der Waals surface area contributed by atoms with Gasteiger partial charge in [0.15, 0.2) is 0 Å². The third kappa shape index (κ3) is 4.28. The van der Waals surface area contributed by atoms with Crippen molar-refractivity contribution in [3.05, 3.63) is 48.4 Å². The van der Waals surface area contributed by atoms with Gasteiger partial charge in [0.05, 0.1) is 19.9 Å². The molecule has 122 valence electrons. The molecule has 23 heavy (non-hydrogen) atoms. The molecule has 3 rings (SSSR count). The fourth-order valence-corrected chi connectivity index (χ4v) is 2.54. The van der Waals surface area contributed by atoms with Crippen LogP contribution in [0.1, 0.15) is 25.0 Å². The van der Waals surface area contributed by atoms with E-state index in [0.29, 0.717) is 25.6 Å². The summed E-state index contributed by atoms with van der Waals surface area (Å²) in [6, 6.07) is 11.9. The highest BCUT2D eigenvalue weighted by Crippen LogP contribution is 2.29. The Morgan fingerprint density at radius 3 is 2.70 bits per heavy atom. The lowest BCUT2D eigenvalue weighted by molar-refractivity contribution is -0.132. The largest absolute Gasteiger partial charge is 0.497 e. The van der Waals surface area contributed by atoms with E-state index in [0.717, 1.165) is 30.0 Å². The Kier molecular flexibility index (Phi) is 4.86. The van der Waals surface area contributed by atoms with Crippen molar-refractivity contribution < 1.29 is 13.9 Å². The summed E-state index contributed by atoms with van der Waals surface area (Å²) in [6.07, 6.45) is 4.32. The molecule has 0 radical (unpaired) electrons. The zero-order chi connectivity index (χ0) is 16.1. The van der Waals surface area contributed by atoms with Crippen LogP contribution < -0.4 is 10.1 Å². The van der Waals surface area contributed by atoms with E-state index in [-0.39, 0.29) is 5.91 Å². The molecule has 0 aliphatic heterocycles. The Morgan fingerprint density at radius 1 is 1.30 bits per heavy atom. The van der Waals surface area contributed by atoms with Crippen LogP contribution in [0.2, 0.25) is 0 Å². The average Bonchev–Trinajstić information content (AvgIpc) is 3.29. The maximum atomic E-state index is 12.5. The van der Waals surface area contributed by atoms with E-state index in [9.17, 15) is 4.79 Å². The van der Waals surface area contributed by atoms with Gasteiger partial charge in [0.25, 0.3) is 0 Å². The summed E-state index contributed by atoms with van der Waals surface area (Å²) in [4.78, 5) is 14.4. The van der Waals surface area contributed by atoms with Crippen molar-refractivity contribution in [2.24, 2.45) is 0 Å². The molecule has 2 aromatic rings. The minimum absolute atomic E-state index is 0.171. The SMILES string of the molecule is COc1ccc(NCCC(=O)N(Cc2ccco2)C2CC2)cc1. The summed E-state index contributed by atoms with van der Waals surface area (Å²) < 4.78 is 10.5. The van der Waals surface area contributed by atoms with E-state index < -0.39 is 0 Å². The van der Waals surface area contributed by atoms with Crippen molar-refractivity contribution in [1.29, 1.82) is 0 Å². The summed E-state index contributed by atoms with van der Waals surface area (Å²) in [5, 5.41) is 3.27. The number of hydrogen-bond donors (Lipinski definition) is 1. The van der Waals surface area contributed by atoms with Gasteiger partial charge in [-0.15, -0.1) is 0 Å². The lowest BCUT2D eigenvalue weighted by atomic mass is 10.2. The van der Waals surface area contributed by atoms with Gasteiger partial charge < -0.3 is 19.4 Å². The number of amides is 1. The fourth-order valence-electron chi connectivity index (χ4n) is 2.54. The smallest absolute Gasteiger partial charge is 0.224 e. The Labute approximate surface area is 136 Å². The first-order valence-electron chi connectivity index (χ1n) is 7.96. The minimum atomic E-state index is 0.171. The van der Waals surface area contributed by atoms with Crippen molar-refractivity contribution in [3.8, 4) is 5.75 Å². The predicted octanol–water partition coefficient (Wildman–Crippen LogP) is 3.28. The molecule has 0 bridgehead atoms. The number of nitrogens with one attached hydrogen (secondary N) is 1. The van der Waals surface area contributed by atoms with Crippen LogP contribution in [0, 0.1) is 0 Å². The summed E-state index contributed by atoms with van der Waals surface area (Å²) >= 11 is 0. The van der Waals surface area contributed by atoms with Crippen LogP contribution in [0.3, 0.4) is 0 Å². The van der Waals surface area contributed by atoms with E-state index in [2.05, 4.69) is 5.32 Å². The van der Waals surface area contributed by atoms with E-state index in [1.54, 1.807) is 13.4 Å². The number of hydrogen-bond acceptors (Lipinski definition) is 4. The molecule has 1 fully saturated rings. The Bertz CT molecular complexity index is 618. The Morgan fingerprint density at radius 2 is 2.09 bits per heavy atom. The molecule has 1 saturated carbocycles. The zero-order valence-electron chi connectivity index (χ0n) is 13.3. The monoisotopic (exact) mass is 314 g/mol. The second-order valence-electron chi connectivity index (χ2n) is 5.74. The van der Waals surface area contributed by atoms with Gasteiger partial charge in [-0.1, -0.05) is 0 Å².